The van der Waals surface area contributed by atoms with Crippen LogP contribution in [-0.4, -0.2) is 33.6 Å². The molecular weight excluding hydrogens is 312 g/mol. The monoisotopic (exact) mass is 340 g/mol. The van der Waals surface area contributed by atoms with Crippen LogP contribution in [0.4, 0.5) is 10.5 Å². The highest BCUT2D eigenvalue weighted by Crippen LogP contribution is 2.21. The van der Waals surface area contributed by atoms with Crippen LogP contribution in [0.15, 0.2) is 30.6 Å². The normalized spacial score (nSPS) is 15.4. The zero-order valence-electron chi connectivity index (χ0n) is 15.5. The molecule has 0 unspecified atom stereocenters. The molecule has 5 nitrogen and oxygen atoms in total. The average Bonchev–Trinajstić information content (AvgIpc) is 3.06. The Hall–Kier alpha value is -2.30. The number of likely N-dealkylation sites (tertiary alicyclic amines) is 1. The van der Waals surface area contributed by atoms with Crippen LogP contribution < -0.4 is 5.32 Å². The van der Waals surface area contributed by atoms with E-state index in [2.05, 4.69) is 41.8 Å². The third kappa shape index (κ3) is 4.21. The number of carbonyl (C=O) groups excluding carboxylic acids is 1. The summed E-state index contributed by atoms with van der Waals surface area (Å²) in [6.45, 7) is 8.93. The summed E-state index contributed by atoms with van der Waals surface area (Å²) >= 11 is 0. The maximum Gasteiger partial charge on any atom is 0.321 e. The fraction of sp³-hybridized carbons (Fsp3) is 0.500. The minimum Gasteiger partial charge on any atom is -0.335 e. The number of nitrogens with one attached hydrogen (secondary N) is 1. The predicted molar refractivity (Wildman–Crippen MR) is 101 cm³/mol. The fourth-order valence-corrected chi connectivity index (χ4v) is 3.44. The molecule has 0 saturated carbocycles. The summed E-state index contributed by atoms with van der Waals surface area (Å²) in [6, 6.07) is 6.07. The van der Waals surface area contributed by atoms with Crippen molar-refractivity contribution in [1.82, 2.24) is 14.5 Å². The third-order valence-electron chi connectivity index (χ3n) is 5.23. The van der Waals surface area contributed by atoms with Gasteiger partial charge in [-0.05, 0) is 55.9 Å². The number of hydrogen-bond donors (Lipinski definition) is 1. The van der Waals surface area contributed by atoms with E-state index in [1.807, 2.05) is 29.3 Å². The van der Waals surface area contributed by atoms with E-state index in [4.69, 9.17) is 0 Å². The van der Waals surface area contributed by atoms with Crippen LogP contribution >= 0.6 is 0 Å². The molecule has 0 spiro atoms. The molecule has 1 aliphatic heterocycles. The SMILES string of the molecule is CCc1nccn1CC1CCN(C(=O)Nc2ccc(C)c(C)c2)CC1. The minimum atomic E-state index is 0.0126. The zero-order chi connectivity index (χ0) is 17.8. The number of anilines is 1. The Balaban J connectivity index is 1.51. The number of carbonyl (C=O) groups is 1. The van der Waals surface area contributed by atoms with Crippen LogP contribution in [0, 0.1) is 19.8 Å². The molecule has 134 valence electrons. The summed E-state index contributed by atoms with van der Waals surface area (Å²) in [5.41, 5.74) is 3.31. The van der Waals surface area contributed by atoms with Crippen LogP contribution in [0.3, 0.4) is 0 Å². The van der Waals surface area contributed by atoms with Crippen molar-refractivity contribution in [2.75, 3.05) is 18.4 Å². The number of urea groups is 1. The van der Waals surface area contributed by atoms with Crippen molar-refractivity contribution >= 4 is 11.7 Å². The average molecular weight is 340 g/mol. The Bertz CT molecular complexity index is 729. The quantitative estimate of drug-likeness (QED) is 0.914. The number of rotatable bonds is 4. The molecule has 25 heavy (non-hydrogen) atoms. The van der Waals surface area contributed by atoms with Crippen LogP contribution in [0.25, 0.3) is 0 Å². The van der Waals surface area contributed by atoms with Crippen LogP contribution in [0.2, 0.25) is 0 Å². The highest BCUT2D eigenvalue weighted by atomic mass is 16.2. The van der Waals surface area contributed by atoms with Crippen molar-refractivity contribution in [2.24, 2.45) is 5.92 Å². The highest BCUT2D eigenvalue weighted by Gasteiger charge is 2.23. The van der Waals surface area contributed by atoms with Crippen LogP contribution in [0.5, 0.6) is 0 Å². The van der Waals surface area contributed by atoms with E-state index in [1.54, 1.807) is 0 Å². The highest BCUT2D eigenvalue weighted by molar-refractivity contribution is 5.89. The topological polar surface area (TPSA) is 50.2 Å². The smallest absolute Gasteiger partial charge is 0.321 e. The summed E-state index contributed by atoms with van der Waals surface area (Å²) in [5.74, 6) is 1.76. The maximum atomic E-state index is 12.5. The summed E-state index contributed by atoms with van der Waals surface area (Å²) in [7, 11) is 0. The number of amides is 2. The largest absolute Gasteiger partial charge is 0.335 e. The predicted octanol–water partition coefficient (Wildman–Crippen LogP) is 4.01. The number of aryl methyl sites for hydroxylation is 3. The second kappa shape index (κ2) is 7.72. The molecule has 1 N–H and O–H groups in total. The second-order valence-electron chi connectivity index (χ2n) is 7.01. The lowest BCUT2D eigenvalue weighted by atomic mass is 9.97. The van der Waals surface area contributed by atoms with E-state index in [0.717, 1.165) is 50.4 Å². The zero-order valence-corrected chi connectivity index (χ0v) is 15.5. The van der Waals surface area contributed by atoms with Crippen molar-refractivity contribution in [2.45, 2.75) is 46.6 Å². The Morgan fingerprint density at radius 1 is 1.24 bits per heavy atom. The van der Waals surface area contributed by atoms with Gasteiger partial charge in [-0.15, -0.1) is 0 Å². The van der Waals surface area contributed by atoms with Crippen molar-refractivity contribution in [3.05, 3.63) is 47.5 Å². The van der Waals surface area contributed by atoms with Gasteiger partial charge in [-0.3, -0.25) is 0 Å². The summed E-state index contributed by atoms with van der Waals surface area (Å²) in [5, 5.41) is 3.03. The van der Waals surface area contributed by atoms with E-state index in [1.165, 1.54) is 11.1 Å². The molecule has 2 aromatic rings. The third-order valence-corrected chi connectivity index (χ3v) is 5.23. The maximum absolute atomic E-state index is 12.5. The molecule has 0 aliphatic carbocycles. The number of imidazole rings is 1. The van der Waals surface area contributed by atoms with E-state index in [9.17, 15) is 4.79 Å². The molecule has 1 aromatic carbocycles. The summed E-state index contributed by atoms with van der Waals surface area (Å²) in [4.78, 5) is 18.8. The van der Waals surface area contributed by atoms with Crippen molar-refractivity contribution in [3.8, 4) is 0 Å². The van der Waals surface area contributed by atoms with E-state index < -0.39 is 0 Å². The molecule has 0 atom stereocenters. The first-order valence-corrected chi connectivity index (χ1v) is 9.20. The van der Waals surface area contributed by atoms with Gasteiger partial charge in [-0.2, -0.15) is 0 Å². The molecule has 1 saturated heterocycles. The van der Waals surface area contributed by atoms with Crippen molar-refractivity contribution in [1.29, 1.82) is 0 Å². The fourth-order valence-electron chi connectivity index (χ4n) is 3.44. The van der Waals surface area contributed by atoms with Gasteiger partial charge in [0.15, 0.2) is 0 Å². The van der Waals surface area contributed by atoms with Gasteiger partial charge in [0.05, 0.1) is 0 Å². The summed E-state index contributed by atoms with van der Waals surface area (Å²) < 4.78 is 2.26. The lowest BCUT2D eigenvalue weighted by molar-refractivity contribution is 0.176. The Labute approximate surface area is 150 Å². The lowest BCUT2D eigenvalue weighted by Gasteiger charge is -2.32. The second-order valence-corrected chi connectivity index (χ2v) is 7.01. The molecular formula is C20H28N4O. The van der Waals surface area contributed by atoms with Crippen molar-refractivity contribution in [3.63, 3.8) is 0 Å². The summed E-state index contributed by atoms with van der Waals surface area (Å²) in [6.07, 6.45) is 7.00. The van der Waals surface area contributed by atoms with Gasteiger partial charge in [0, 0.05) is 44.1 Å². The Kier molecular flexibility index (Phi) is 5.41. The first kappa shape index (κ1) is 17.5. The van der Waals surface area contributed by atoms with Gasteiger partial charge >= 0.3 is 6.03 Å². The molecule has 0 bridgehead atoms. The number of piperidine rings is 1. The standard InChI is InChI=1S/C20H28N4O/c1-4-19-21-9-12-24(19)14-17-7-10-23(11-8-17)20(25)22-18-6-5-15(2)16(3)13-18/h5-6,9,12-13,17H,4,7-8,10-11,14H2,1-3H3,(H,22,25). The molecule has 3 rings (SSSR count). The molecule has 2 heterocycles. The first-order chi connectivity index (χ1) is 12.1. The molecule has 0 radical (unpaired) electrons. The van der Waals surface area contributed by atoms with Gasteiger partial charge in [-0.25, -0.2) is 9.78 Å². The molecule has 1 aromatic heterocycles. The molecule has 5 heteroatoms. The molecule has 1 fully saturated rings. The molecule has 2 amide bonds. The first-order valence-electron chi connectivity index (χ1n) is 9.20. The van der Waals surface area contributed by atoms with Crippen LogP contribution in [0.1, 0.15) is 36.7 Å². The van der Waals surface area contributed by atoms with Crippen LogP contribution in [-0.2, 0) is 13.0 Å². The number of nitrogens with zero attached hydrogens (tertiary/aromatic N) is 3. The minimum absolute atomic E-state index is 0.0126. The van der Waals surface area contributed by atoms with E-state index >= 15 is 0 Å². The van der Waals surface area contributed by atoms with Crippen molar-refractivity contribution < 1.29 is 4.79 Å². The molecule has 1 aliphatic rings. The Morgan fingerprint density at radius 3 is 2.68 bits per heavy atom. The Morgan fingerprint density at radius 2 is 2.00 bits per heavy atom. The number of hydrogen-bond acceptors (Lipinski definition) is 2. The van der Waals surface area contributed by atoms with Gasteiger partial charge in [-0.1, -0.05) is 13.0 Å². The van der Waals surface area contributed by atoms with Gasteiger partial charge in [0.2, 0.25) is 0 Å². The van der Waals surface area contributed by atoms with E-state index in [-0.39, 0.29) is 6.03 Å². The number of aromatic nitrogens is 2. The number of benzene rings is 1. The van der Waals surface area contributed by atoms with Gasteiger partial charge in [0.1, 0.15) is 5.82 Å². The van der Waals surface area contributed by atoms with E-state index in [0.29, 0.717) is 5.92 Å². The van der Waals surface area contributed by atoms with Gasteiger partial charge in [0.25, 0.3) is 0 Å². The van der Waals surface area contributed by atoms with Gasteiger partial charge < -0.3 is 14.8 Å². The lowest BCUT2D eigenvalue weighted by Crippen LogP contribution is -2.41.